The van der Waals surface area contributed by atoms with Crippen molar-refractivity contribution in [3.05, 3.63) is 47.8 Å². The summed E-state index contributed by atoms with van der Waals surface area (Å²) in [5.41, 5.74) is -0.0465. The SMILES string of the molecule is O=C(O)C1(c2cccc3ccc(F)cc23)CC1. The Balaban J connectivity index is 2.30. The lowest BCUT2D eigenvalue weighted by molar-refractivity contribution is -0.139. The summed E-state index contributed by atoms with van der Waals surface area (Å²) in [6, 6.07) is 10.0. The predicted molar refractivity (Wildman–Crippen MR) is 62.5 cm³/mol. The first-order chi connectivity index (χ1) is 8.13. The van der Waals surface area contributed by atoms with Gasteiger partial charge in [0.2, 0.25) is 0 Å². The van der Waals surface area contributed by atoms with Crippen molar-refractivity contribution < 1.29 is 14.3 Å². The van der Waals surface area contributed by atoms with Crippen molar-refractivity contribution in [3.8, 4) is 0 Å². The summed E-state index contributed by atoms with van der Waals surface area (Å²) in [5, 5.41) is 10.9. The molecule has 0 heterocycles. The maximum absolute atomic E-state index is 13.3. The largest absolute Gasteiger partial charge is 0.481 e. The van der Waals surface area contributed by atoms with Crippen molar-refractivity contribution in [2.24, 2.45) is 0 Å². The normalized spacial score (nSPS) is 17.0. The van der Waals surface area contributed by atoms with Crippen LogP contribution in [0.5, 0.6) is 0 Å². The number of carbonyl (C=O) groups is 1. The van der Waals surface area contributed by atoms with E-state index < -0.39 is 11.4 Å². The number of carboxylic acid groups (broad SMARTS) is 1. The summed E-state index contributed by atoms with van der Waals surface area (Å²) in [4.78, 5) is 11.3. The highest BCUT2D eigenvalue weighted by Crippen LogP contribution is 2.50. The second-order valence-corrected chi connectivity index (χ2v) is 4.56. The molecular formula is C14H11FO2. The van der Waals surface area contributed by atoms with Gasteiger partial charge in [0.25, 0.3) is 0 Å². The first-order valence-electron chi connectivity index (χ1n) is 5.56. The molecule has 0 spiro atoms. The van der Waals surface area contributed by atoms with E-state index in [1.54, 1.807) is 12.1 Å². The monoisotopic (exact) mass is 230 g/mol. The maximum atomic E-state index is 13.3. The van der Waals surface area contributed by atoms with Crippen LogP contribution in [0.25, 0.3) is 10.8 Å². The van der Waals surface area contributed by atoms with E-state index in [4.69, 9.17) is 0 Å². The zero-order valence-electron chi connectivity index (χ0n) is 9.11. The lowest BCUT2D eigenvalue weighted by Gasteiger charge is -2.13. The molecule has 3 rings (SSSR count). The minimum atomic E-state index is -0.811. The van der Waals surface area contributed by atoms with Crippen molar-refractivity contribution in [1.82, 2.24) is 0 Å². The van der Waals surface area contributed by atoms with E-state index in [0.29, 0.717) is 18.2 Å². The molecule has 0 bridgehead atoms. The van der Waals surface area contributed by atoms with E-state index >= 15 is 0 Å². The van der Waals surface area contributed by atoms with Crippen molar-refractivity contribution in [2.75, 3.05) is 0 Å². The second-order valence-electron chi connectivity index (χ2n) is 4.56. The molecule has 0 atom stereocenters. The molecule has 0 unspecified atom stereocenters. The van der Waals surface area contributed by atoms with Gasteiger partial charge in [0.05, 0.1) is 5.41 Å². The van der Waals surface area contributed by atoms with Crippen LogP contribution < -0.4 is 0 Å². The molecule has 0 amide bonds. The topological polar surface area (TPSA) is 37.3 Å². The van der Waals surface area contributed by atoms with E-state index in [-0.39, 0.29) is 5.82 Å². The number of benzene rings is 2. The highest BCUT2D eigenvalue weighted by molar-refractivity contribution is 5.95. The Bertz CT molecular complexity index is 615. The Morgan fingerprint density at radius 3 is 2.65 bits per heavy atom. The van der Waals surface area contributed by atoms with Gasteiger partial charge in [0.1, 0.15) is 5.82 Å². The Labute approximate surface area is 97.7 Å². The smallest absolute Gasteiger partial charge is 0.314 e. The average Bonchev–Trinajstić information content (AvgIpc) is 3.09. The number of fused-ring (bicyclic) bond motifs is 1. The standard InChI is InChI=1S/C14H11FO2/c15-10-5-4-9-2-1-3-12(11(9)8-10)14(6-7-14)13(16)17/h1-5,8H,6-7H2,(H,16,17). The van der Waals surface area contributed by atoms with Crippen LogP contribution >= 0.6 is 0 Å². The summed E-state index contributed by atoms with van der Waals surface area (Å²) in [6.45, 7) is 0. The average molecular weight is 230 g/mol. The fraction of sp³-hybridized carbons (Fsp3) is 0.214. The molecule has 3 heteroatoms. The van der Waals surface area contributed by atoms with Gasteiger partial charge in [0, 0.05) is 0 Å². The number of carboxylic acids is 1. The first kappa shape index (κ1) is 10.3. The third-order valence-electron chi connectivity index (χ3n) is 3.52. The molecule has 0 aromatic heterocycles. The predicted octanol–water partition coefficient (Wildman–Crippen LogP) is 3.10. The van der Waals surface area contributed by atoms with Gasteiger partial charge in [-0.3, -0.25) is 4.79 Å². The van der Waals surface area contributed by atoms with Crippen LogP contribution in [0, 0.1) is 5.82 Å². The van der Waals surface area contributed by atoms with Crippen molar-refractivity contribution in [1.29, 1.82) is 0 Å². The van der Waals surface area contributed by atoms with Gasteiger partial charge in [0.15, 0.2) is 0 Å². The quantitative estimate of drug-likeness (QED) is 0.860. The molecule has 1 fully saturated rings. The number of hydrogen-bond acceptors (Lipinski definition) is 1. The van der Waals surface area contributed by atoms with Gasteiger partial charge in [-0.1, -0.05) is 24.3 Å². The van der Waals surface area contributed by atoms with Crippen LogP contribution in [-0.2, 0) is 10.2 Å². The molecule has 0 saturated heterocycles. The number of hydrogen-bond donors (Lipinski definition) is 1. The molecule has 1 N–H and O–H groups in total. The lowest BCUT2D eigenvalue weighted by Crippen LogP contribution is -2.19. The van der Waals surface area contributed by atoms with Crippen molar-refractivity contribution in [2.45, 2.75) is 18.3 Å². The Hall–Kier alpha value is -1.90. The molecule has 0 aliphatic heterocycles. The van der Waals surface area contributed by atoms with Crippen LogP contribution in [0.3, 0.4) is 0 Å². The van der Waals surface area contributed by atoms with Crippen molar-refractivity contribution >= 4 is 16.7 Å². The molecule has 2 aromatic rings. The summed E-state index contributed by atoms with van der Waals surface area (Å²) in [7, 11) is 0. The van der Waals surface area contributed by atoms with E-state index in [2.05, 4.69) is 0 Å². The third kappa shape index (κ3) is 1.42. The molecule has 1 saturated carbocycles. The van der Waals surface area contributed by atoms with Gasteiger partial charge in [-0.15, -0.1) is 0 Å². The van der Waals surface area contributed by atoms with Crippen LogP contribution in [0.4, 0.5) is 4.39 Å². The zero-order valence-corrected chi connectivity index (χ0v) is 9.11. The van der Waals surface area contributed by atoms with Gasteiger partial charge < -0.3 is 5.11 Å². The van der Waals surface area contributed by atoms with Crippen molar-refractivity contribution in [3.63, 3.8) is 0 Å². The van der Waals surface area contributed by atoms with Gasteiger partial charge >= 0.3 is 5.97 Å². The highest BCUT2D eigenvalue weighted by Gasteiger charge is 2.52. The Morgan fingerprint density at radius 2 is 2.00 bits per heavy atom. The minimum absolute atomic E-state index is 0.328. The molecule has 17 heavy (non-hydrogen) atoms. The maximum Gasteiger partial charge on any atom is 0.314 e. The van der Waals surface area contributed by atoms with Gasteiger partial charge in [-0.25, -0.2) is 4.39 Å². The van der Waals surface area contributed by atoms with E-state index in [1.807, 2.05) is 12.1 Å². The summed E-state index contributed by atoms with van der Waals surface area (Å²) < 4.78 is 13.3. The number of aliphatic carboxylic acids is 1. The molecule has 2 nitrogen and oxygen atoms in total. The lowest BCUT2D eigenvalue weighted by atomic mass is 9.91. The van der Waals surface area contributed by atoms with Crippen LogP contribution in [0.15, 0.2) is 36.4 Å². The van der Waals surface area contributed by atoms with Gasteiger partial charge in [-0.2, -0.15) is 0 Å². The van der Waals surface area contributed by atoms with E-state index in [1.165, 1.54) is 12.1 Å². The highest BCUT2D eigenvalue weighted by atomic mass is 19.1. The molecule has 2 aromatic carbocycles. The Morgan fingerprint density at radius 1 is 1.24 bits per heavy atom. The second kappa shape index (κ2) is 3.29. The summed E-state index contributed by atoms with van der Waals surface area (Å²) in [5.74, 6) is -1.14. The van der Waals surface area contributed by atoms with Crippen LogP contribution in [0.2, 0.25) is 0 Å². The van der Waals surface area contributed by atoms with Crippen LogP contribution in [-0.4, -0.2) is 11.1 Å². The Kier molecular flexibility index (Phi) is 1.99. The summed E-state index contributed by atoms with van der Waals surface area (Å²) in [6.07, 6.45) is 1.27. The van der Waals surface area contributed by atoms with Crippen LogP contribution in [0.1, 0.15) is 18.4 Å². The number of halogens is 1. The first-order valence-corrected chi connectivity index (χ1v) is 5.56. The minimum Gasteiger partial charge on any atom is -0.481 e. The fourth-order valence-corrected chi connectivity index (χ4v) is 2.39. The zero-order chi connectivity index (χ0) is 12.0. The van der Waals surface area contributed by atoms with E-state index in [9.17, 15) is 14.3 Å². The van der Waals surface area contributed by atoms with Gasteiger partial charge in [-0.05, 0) is 41.3 Å². The summed E-state index contributed by atoms with van der Waals surface area (Å²) >= 11 is 0. The molecule has 1 aliphatic carbocycles. The molecule has 1 aliphatic rings. The third-order valence-corrected chi connectivity index (χ3v) is 3.52. The molecule has 0 radical (unpaired) electrons. The molecular weight excluding hydrogens is 219 g/mol. The van der Waals surface area contributed by atoms with E-state index in [0.717, 1.165) is 10.9 Å². The fourth-order valence-electron chi connectivity index (χ4n) is 2.39. The molecule has 86 valence electrons. The number of rotatable bonds is 2.